The molecule has 0 unspecified atom stereocenters. The molecule has 0 saturated carbocycles. The topological polar surface area (TPSA) is 112 Å². The molecule has 3 rings (SSSR count). The predicted molar refractivity (Wildman–Crippen MR) is 82.5 cm³/mol. The number of carboxylic acid groups (broad SMARTS) is 1. The Bertz CT molecular complexity index is 818. The van der Waals surface area contributed by atoms with Gasteiger partial charge in [0.2, 0.25) is 0 Å². The van der Waals surface area contributed by atoms with Crippen LogP contribution in [0.2, 0.25) is 0 Å². The van der Waals surface area contributed by atoms with Crippen LogP contribution in [0.5, 0.6) is 0 Å². The van der Waals surface area contributed by atoms with E-state index in [-0.39, 0.29) is 5.56 Å². The summed E-state index contributed by atoms with van der Waals surface area (Å²) in [5, 5.41) is 18.4. The zero-order valence-corrected chi connectivity index (χ0v) is 12.8. The van der Waals surface area contributed by atoms with Crippen molar-refractivity contribution in [2.45, 2.75) is 10.9 Å². The van der Waals surface area contributed by atoms with Crippen molar-refractivity contribution in [3.05, 3.63) is 59.8 Å². The number of hydrogen-bond acceptors (Lipinski definition) is 6. The van der Waals surface area contributed by atoms with Crippen LogP contribution in [0.3, 0.4) is 0 Å². The van der Waals surface area contributed by atoms with Gasteiger partial charge in [-0.05, 0) is 35.0 Å². The molecule has 0 aliphatic heterocycles. The van der Waals surface area contributed by atoms with Crippen molar-refractivity contribution in [2.24, 2.45) is 0 Å². The van der Waals surface area contributed by atoms with E-state index in [1.807, 2.05) is 18.2 Å². The van der Waals surface area contributed by atoms with Gasteiger partial charge in [0.05, 0.1) is 11.1 Å². The minimum atomic E-state index is -1.18. The molecule has 3 N–H and O–H groups in total. The molecule has 0 atom stereocenters. The van der Waals surface area contributed by atoms with Gasteiger partial charge >= 0.3 is 11.0 Å². The zero-order valence-electron chi connectivity index (χ0n) is 12.0. The fraction of sp³-hybridized carbons (Fsp3) is 0.0667. The Kier molecular flexibility index (Phi) is 4.24. The van der Waals surface area contributed by atoms with E-state index in [0.29, 0.717) is 22.4 Å². The molecular formula is C15H13N5O2S. The van der Waals surface area contributed by atoms with Gasteiger partial charge in [-0.25, -0.2) is 4.98 Å². The summed E-state index contributed by atoms with van der Waals surface area (Å²) in [5.41, 5.74) is 1.82. The van der Waals surface area contributed by atoms with Crippen molar-refractivity contribution in [1.82, 2.24) is 15.2 Å². The molecule has 3 aromatic rings. The van der Waals surface area contributed by atoms with Crippen LogP contribution in [0.4, 0.5) is 0 Å². The highest BCUT2D eigenvalue weighted by molar-refractivity contribution is 7.98. The quantitative estimate of drug-likeness (QED) is 0.391. The Hall–Kier alpha value is -2.87. The molecule has 2 heterocycles. The number of nitrogen functional groups attached to an aromatic ring is 1. The van der Waals surface area contributed by atoms with E-state index in [4.69, 9.17) is 5.84 Å². The standard InChI is InChI=1S/C15H13N5O2S/c16-20-13(12-3-1-2-8-17-12)18-19-15(20)23-9-10-4-6-11(7-5-10)14(21)22/h1-8H,9,16H2,(H,21,22). The van der Waals surface area contributed by atoms with Gasteiger partial charge in [0.25, 0.3) is 0 Å². The van der Waals surface area contributed by atoms with Gasteiger partial charge in [-0.3, -0.25) is 5.84 Å². The Morgan fingerprint density at radius 3 is 2.70 bits per heavy atom. The normalized spacial score (nSPS) is 10.6. The number of benzene rings is 1. The maximum Gasteiger partial charge on any atom is 0.358 e. The lowest BCUT2D eigenvalue weighted by Crippen LogP contribution is -2.47. The number of nitrogens with one attached hydrogen (secondary N) is 1. The van der Waals surface area contributed by atoms with Crippen LogP contribution in [-0.2, 0) is 5.75 Å². The molecule has 2 aromatic heterocycles. The van der Waals surface area contributed by atoms with Gasteiger partial charge in [0, 0.05) is 11.9 Å². The number of hydrogen-bond donors (Lipinski definition) is 2. The number of nitrogens with two attached hydrogens (primary N) is 1. The Balaban J connectivity index is 1.72. The zero-order chi connectivity index (χ0) is 16.2. The number of aromatic carboxylic acids is 1. The van der Waals surface area contributed by atoms with E-state index in [9.17, 15) is 9.90 Å². The number of pyridine rings is 1. The van der Waals surface area contributed by atoms with Gasteiger partial charge in [-0.1, -0.05) is 30.3 Å². The summed E-state index contributed by atoms with van der Waals surface area (Å²) in [7, 11) is 0. The third-order valence-electron chi connectivity index (χ3n) is 3.17. The van der Waals surface area contributed by atoms with Crippen LogP contribution in [0, 0.1) is 0 Å². The first-order valence-electron chi connectivity index (χ1n) is 6.75. The molecule has 116 valence electrons. The molecule has 0 bridgehead atoms. The highest BCUT2D eigenvalue weighted by Crippen LogP contribution is 2.19. The van der Waals surface area contributed by atoms with Crippen molar-refractivity contribution in [3.63, 3.8) is 0 Å². The van der Waals surface area contributed by atoms with Crippen LogP contribution in [-0.4, -0.2) is 21.2 Å². The summed E-state index contributed by atoms with van der Waals surface area (Å²) in [6.45, 7) is 0. The Morgan fingerprint density at radius 1 is 1.26 bits per heavy atom. The number of H-pyrrole nitrogens is 1. The maximum atomic E-state index is 10.7. The molecule has 0 radical (unpaired) electrons. The molecule has 0 fully saturated rings. The number of carbonyl (C=O) groups excluding carboxylic acids is 1. The Labute approximate surface area is 136 Å². The van der Waals surface area contributed by atoms with Crippen molar-refractivity contribution >= 4 is 17.7 Å². The number of thioether (sulfide) groups is 1. The van der Waals surface area contributed by atoms with E-state index in [0.717, 1.165) is 5.56 Å². The second-order valence-corrected chi connectivity index (χ2v) is 5.66. The molecule has 8 heteroatoms. The smallest absolute Gasteiger partial charge is 0.358 e. The van der Waals surface area contributed by atoms with Gasteiger partial charge in [0.1, 0.15) is 5.69 Å². The SMILES string of the molecule is N[n+]1c(SCc2ccc(C(=O)[O-])cc2)n[nH]c1-c1ccccn1. The first-order valence-corrected chi connectivity index (χ1v) is 7.73. The predicted octanol–water partition coefficient (Wildman–Crippen LogP) is 0.129. The van der Waals surface area contributed by atoms with E-state index in [2.05, 4.69) is 15.2 Å². The van der Waals surface area contributed by atoms with E-state index < -0.39 is 5.97 Å². The second kappa shape index (κ2) is 6.49. The lowest BCUT2D eigenvalue weighted by molar-refractivity contribution is -0.667. The van der Waals surface area contributed by atoms with Crippen LogP contribution in [0.1, 0.15) is 15.9 Å². The van der Waals surface area contributed by atoms with Crippen LogP contribution >= 0.6 is 11.8 Å². The molecular weight excluding hydrogens is 314 g/mol. The maximum absolute atomic E-state index is 10.7. The van der Waals surface area contributed by atoms with Crippen molar-refractivity contribution in [3.8, 4) is 11.5 Å². The third-order valence-corrected chi connectivity index (χ3v) is 4.19. The van der Waals surface area contributed by atoms with Gasteiger partial charge < -0.3 is 9.90 Å². The molecule has 1 aromatic carbocycles. The summed E-state index contributed by atoms with van der Waals surface area (Å²) in [4.78, 5) is 14.9. The minimum Gasteiger partial charge on any atom is -0.545 e. The third kappa shape index (κ3) is 3.32. The second-order valence-electron chi connectivity index (χ2n) is 4.71. The van der Waals surface area contributed by atoms with Crippen molar-refractivity contribution < 1.29 is 14.6 Å². The average molecular weight is 327 g/mol. The minimum absolute atomic E-state index is 0.157. The summed E-state index contributed by atoms with van der Waals surface area (Å²) < 4.78 is 1.45. The van der Waals surface area contributed by atoms with Crippen LogP contribution in [0.25, 0.3) is 11.5 Å². The molecule has 0 aliphatic rings. The lowest BCUT2D eigenvalue weighted by Gasteiger charge is -2.03. The number of carbonyl (C=O) groups is 1. The molecule has 23 heavy (non-hydrogen) atoms. The number of carboxylic acids is 1. The summed E-state index contributed by atoms with van der Waals surface area (Å²) in [6, 6.07) is 12.1. The molecule has 0 saturated heterocycles. The largest absolute Gasteiger partial charge is 0.545 e. The fourth-order valence-corrected chi connectivity index (χ4v) is 2.80. The number of nitrogens with zero attached hydrogens (tertiary/aromatic N) is 3. The monoisotopic (exact) mass is 327 g/mol. The lowest BCUT2D eigenvalue weighted by atomic mass is 10.1. The number of rotatable bonds is 5. The van der Waals surface area contributed by atoms with Crippen LogP contribution in [0.15, 0.2) is 53.8 Å². The first-order chi connectivity index (χ1) is 11.1. The van der Waals surface area contributed by atoms with Gasteiger partial charge in [0.15, 0.2) is 0 Å². The van der Waals surface area contributed by atoms with E-state index >= 15 is 0 Å². The average Bonchev–Trinajstić information content (AvgIpc) is 2.95. The van der Waals surface area contributed by atoms with Gasteiger partial charge in [-0.15, -0.1) is 9.77 Å². The molecule has 0 amide bonds. The van der Waals surface area contributed by atoms with E-state index in [1.165, 1.54) is 28.6 Å². The molecule has 0 aliphatic carbocycles. The Morgan fingerprint density at radius 2 is 2.04 bits per heavy atom. The molecule has 7 nitrogen and oxygen atoms in total. The number of aromatic amines is 1. The van der Waals surface area contributed by atoms with E-state index in [1.54, 1.807) is 18.3 Å². The molecule has 0 spiro atoms. The highest BCUT2D eigenvalue weighted by atomic mass is 32.2. The van der Waals surface area contributed by atoms with Crippen molar-refractivity contribution in [2.75, 3.05) is 5.84 Å². The summed E-state index contributed by atoms with van der Waals surface area (Å²) in [6.07, 6.45) is 1.68. The van der Waals surface area contributed by atoms with Crippen LogP contribution < -0.4 is 15.6 Å². The highest BCUT2D eigenvalue weighted by Gasteiger charge is 2.20. The fourth-order valence-electron chi connectivity index (χ4n) is 1.97. The summed E-state index contributed by atoms with van der Waals surface area (Å²) in [5.74, 6) is 6.08. The number of aromatic nitrogens is 4. The summed E-state index contributed by atoms with van der Waals surface area (Å²) >= 11 is 1.43. The van der Waals surface area contributed by atoms with Gasteiger partial charge in [-0.2, -0.15) is 0 Å². The van der Waals surface area contributed by atoms with Crippen molar-refractivity contribution in [1.29, 1.82) is 0 Å². The first kappa shape index (κ1) is 15.0.